The van der Waals surface area contributed by atoms with E-state index in [0.717, 1.165) is 30.4 Å². The molecule has 1 fully saturated rings. The highest BCUT2D eigenvalue weighted by Crippen LogP contribution is 2.21. The van der Waals surface area contributed by atoms with Crippen LogP contribution >= 0.6 is 0 Å². The van der Waals surface area contributed by atoms with Crippen LogP contribution in [0.2, 0.25) is 0 Å². The van der Waals surface area contributed by atoms with E-state index in [1.165, 1.54) is 28.6 Å². The van der Waals surface area contributed by atoms with Crippen LogP contribution in [0, 0.1) is 0 Å². The van der Waals surface area contributed by atoms with Gasteiger partial charge >= 0.3 is 5.97 Å². The summed E-state index contributed by atoms with van der Waals surface area (Å²) in [6, 6.07) is 12.5. The molecule has 1 saturated heterocycles. The highest BCUT2D eigenvalue weighted by atomic mass is 32.2. The SMILES string of the molecule is O=C(OCn1nnc2ccccc2c1=O)c1cccc(S(=O)(=O)N2CCCCCC2)c1. The first-order chi connectivity index (χ1) is 15.0. The van der Waals surface area contributed by atoms with Gasteiger partial charge < -0.3 is 4.74 Å². The molecule has 1 aromatic heterocycles. The topological polar surface area (TPSA) is 111 Å². The lowest BCUT2D eigenvalue weighted by molar-refractivity contribution is 0.0336. The van der Waals surface area contributed by atoms with Gasteiger partial charge in [0.05, 0.1) is 15.8 Å². The number of carbonyl (C=O) groups is 1. The van der Waals surface area contributed by atoms with Crippen LogP contribution in [0.5, 0.6) is 0 Å². The van der Waals surface area contributed by atoms with E-state index in [2.05, 4.69) is 10.3 Å². The quantitative estimate of drug-likeness (QED) is 0.557. The Morgan fingerprint density at radius 1 is 1.00 bits per heavy atom. The molecule has 4 rings (SSSR count). The van der Waals surface area contributed by atoms with Crippen LogP contribution in [-0.2, 0) is 21.5 Å². The Balaban J connectivity index is 1.51. The van der Waals surface area contributed by atoms with Crippen LogP contribution in [0.4, 0.5) is 0 Å². The summed E-state index contributed by atoms with van der Waals surface area (Å²) in [6.07, 6.45) is 3.66. The number of esters is 1. The highest BCUT2D eigenvalue weighted by molar-refractivity contribution is 7.89. The number of hydrogen-bond donors (Lipinski definition) is 0. The molecule has 0 saturated carbocycles. The van der Waals surface area contributed by atoms with E-state index in [4.69, 9.17) is 4.74 Å². The Morgan fingerprint density at radius 3 is 2.52 bits per heavy atom. The van der Waals surface area contributed by atoms with Gasteiger partial charge in [-0.15, -0.1) is 5.10 Å². The van der Waals surface area contributed by atoms with Crippen LogP contribution < -0.4 is 5.56 Å². The van der Waals surface area contributed by atoms with Gasteiger partial charge in [0.2, 0.25) is 10.0 Å². The van der Waals surface area contributed by atoms with Gasteiger partial charge in [-0.05, 0) is 43.2 Å². The Labute approximate surface area is 179 Å². The van der Waals surface area contributed by atoms with Crippen molar-refractivity contribution >= 4 is 26.9 Å². The zero-order valence-electron chi connectivity index (χ0n) is 16.8. The maximum Gasteiger partial charge on any atom is 0.339 e. The summed E-state index contributed by atoms with van der Waals surface area (Å²) in [6.45, 7) is 0.514. The predicted molar refractivity (Wildman–Crippen MR) is 113 cm³/mol. The largest absolute Gasteiger partial charge is 0.439 e. The zero-order chi connectivity index (χ0) is 21.8. The monoisotopic (exact) mass is 442 g/mol. The Morgan fingerprint density at radius 2 is 1.74 bits per heavy atom. The van der Waals surface area contributed by atoms with Crippen molar-refractivity contribution in [3.8, 4) is 0 Å². The Bertz CT molecular complexity index is 1260. The van der Waals surface area contributed by atoms with Crippen LogP contribution in [0.15, 0.2) is 58.2 Å². The van der Waals surface area contributed by atoms with E-state index in [1.54, 1.807) is 24.3 Å². The van der Waals surface area contributed by atoms with E-state index in [-0.39, 0.29) is 10.5 Å². The first-order valence-corrected chi connectivity index (χ1v) is 11.5. The van der Waals surface area contributed by atoms with Gasteiger partial charge in [0.25, 0.3) is 5.56 Å². The predicted octanol–water partition coefficient (Wildman–Crippen LogP) is 2.17. The van der Waals surface area contributed by atoms with E-state index in [9.17, 15) is 18.0 Å². The summed E-state index contributed by atoms with van der Waals surface area (Å²) >= 11 is 0. The van der Waals surface area contributed by atoms with Crippen LogP contribution in [0.1, 0.15) is 36.0 Å². The number of rotatable bonds is 5. The molecule has 2 heterocycles. The minimum atomic E-state index is -3.69. The number of aromatic nitrogens is 3. The molecule has 9 nitrogen and oxygen atoms in total. The minimum absolute atomic E-state index is 0.0477. The summed E-state index contributed by atoms with van der Waals surface area (Å²) in [5, 5.41) is 8.07. The number of hydrogen-bond acceptors (Lipinski definition) is 7. The zero-order valence-corrected chi connectivity index (χ0v) is 17.6. The van der Waals surface area contributed by atoms with Gasteiger partial charge in [0.1, 0.15) is 5.52 Å². The molecular weight excluding hydrogens is 420 g/mol. The average molecular weight is 442 g/mol. The van der Waals surface area contributed by atoms with Crippen molar-refractivity contribution in [2.24, 2.45) is 0 Å². The summed E-state index contributed by atoms with van der Waals surface area (Å²) in [4.78, 5) is 25.0. The third kappa shape index (κ3) is 4.49. The molecule has 0 unspecified atom stereocenters. The molecule has 2 aromatic carbocycles. The van der Waals surface area contributed by atoms with Crippen LogP contribution in [-0.4, -0.2) is 46.8 Å². The number of ether oxygens (including phenoxy) is 1. The maximum atomic E-state index is 13.0. The summed E-state index contributed by atoms with van der Waals surface area (Å²) in [7, 11) is -3.69. The summed E-state index contributed by atoms with van der Waals surface area (Å²) in [5.41, 5.74) is 0.0927. The molecule has 0 radical (unpaired) electrons. The van der Waals surface area contributed by atoms with Gasteiger partial charge in [-0.3, -0.25) is 4.79 Å². The number of carbonyl (C=O) groups excluding carboxylic acids is 1. The molecule has 0 bridgehead atoms. The van der Waals surface area contributed by atoms with Gasteiger partial charge in [-0.25, -0.2) is 13.2 Å². The highest BCUT2D eigenvalue weighted by Gasteiger charge is 2.26. The first-order valence-electron chi connectivity index (χ1n) is 10.1. The van der Waals surface area contributed by atoms with Gasteiger partial charge in [-0.1, -0.05) is 36.3 Å². The Kier molecular flexibility index (Phi) is 6.10. The van der Waals surface area contributed by atoms with Crippen LogP contribution in [0.25, 0.3) is 10.9 Å². The molecule has 10 heteroatoms. The molecule has 1 aliphatic heterocycles. The molecule has 0 amide bonds. The molecule has 0 aliphatic carbocycles. The van der Waals surface area contributed by atoms with E-state index in [0.29, 0.717) is 24.0 Å². The van der Waals surface area contributed by atoms with Crippen molar-refractivity contribution in [2.75, 3.05) is 13.1 Å². The molecule has 31 heavy (non-hydrogen) atoms. The lowest BCUT2D eigenvalue weighted by Crippen LogP contribution is -2.32. The number of sulfonamides is 1. The Hall–Kier alpha value is -3.11. The fourth-order valence-electron chi connectivity index (χ4n) is 3.53. The van der Waals surface area contributed by atoms with Crippen molar-refractivity contribution < 1.29 is 17.9 Å². The van der Waals surface area contributed by atoms with Crippen LogP contribution in [0.3, 0.4) is 0 Å². The molecule has 0 spiro atoms. The van der Waals surface area contributed by atoms with Crippen molar-refractivity contribution in [3.63, 3.8) is 0 Å². The summed E-state index contributed by atoms with van der Waals surface area (Å²) in [5.74, 6) is -0.755. The fourth-order valence-corrected chi connectivity index (χ4v) is 5.09. The second-order valence-electron chi connectivity index (χ2n) is 7.32. The second-order valence-corrected chi connectivity index (χ2v) is 9.26. The third-order valence-corrected chi connectivity index (χ3v) is 7.11. The molecule has 162 valence electrons. The molecular formula is C21H22N4O5S. The number of benzene rings is 2. The lowest BCUT2D eigenvalue weighted by Gasteiger charge is -2.20. The normalized spacial score (nSPS) is 15.5. The van der Waals surface area contributed by atoms with Gasteiger partial charge in [-0.2, -0.15) is 8.99 Å². The van der Waals surface area contributed by atoms with E-state index >= 15 is 0 Å². The average Bonchev–Trinajstić information content (AvgIpc) is 3.09. The maximum absolute atomic E-state index is 13.0. The van der Waals surface area contributed by atoms with Crippen molar-refractivity contribution in [3.05, 3.63) is 64.4 Å². The fraction of sp³-hybridized carbons (Fsp3) is 0.333. The molecule has 0 atom stereocenters. The molecule has 1 aliphatic rings. The number of nitrogens with zero attached hydrogens (tertiary/aromatic N) is 4. The van der Waals surface area contributed by atoms with Gasteiger partial charge in [0, 0.05) is 13.1 Å². The summed E-state index contributed by atoms with van der Waals surface area (Å²) < 4.78 is 33.5. The van der Waals surface area contributed by atoms with Crippen molar-refractivity contribution in [2.45, 2.75) is 37.3 Å². The smallest absolute Gasteiger partial charge is 0.339 e. The lowest BCUT2D eigenvalue weighted by atomic mass is 10.2. The van der Waals surface area contributed by atoms with Crippen molar-refractivity contribution in [1.29, 1.82) is 0 Å². The number of fused-ring (bicyclic) bond motifs is 1. The van der Waals surface area contributed by atoms with Gasteiger partial charge in [0.15, 0.2) is 6.73 Å². The first kappa shape index (κ1) is 21.1. The third-order valence-electron chi connectivity index (χ3n) is 5.22. The van der Waals surface area contributed by atoms with E-state index < -0.39 is 28.3 Å². The molecule has 0 N–H and O–H groups in total. The van der Waals surface area contributed by atoms with Crippen molar-refractivity contribution in [1.82, 2.24) is 19.3 Å². The minimum Gasteiger partial charge on any atom is -0.439 e. The molecule has 3 aromatic rings. The van der Waals surface area contributed by atoms with E-state index in [1.807, 2.05) is 0 Å². The second kappa shape index (κ2) is 8.94. The standard InChI is InChI=1S/C21H22N4O5S/c26-20-18-10-3-4-11-19(18)22-23-25(20)15-30-21(27)16-8-7-9-17(14-16)31(28,29)24-12-5-1-2-6-13-24/h3-4,7-11,14H,1-2,5-6,12-13,15H2.